The maximum absolute atomic E-state index is 4.25. The van der Waals surface area contributed by atoms with Crippen LogP contribution in [0.15, 0.2) is 48.8 Å². The van der Waals surface area contributed by atoms with Gasteiger partial charge in [-0.25, -0.2) is 0 Å². The van der Waals surface area contributed by atoms with E-state index in [0.29, 0.717) is 10.8 Å². The number of nitrogens with zero attached hydrogens (tertiary/aromatic N) is 2. The van der Waals surface area contributed by atoms with Crippen molar-refractivity contribution in [2.45, 2.75) is 31.1 Å². The monoisotopic (exact) mass is 316 g/mol. The second kappa shape index (κ2) is 4.04. The number of hydrogen-bond acceptors (Lipinski definition) is 2. The van der Waals surface area contributed by atoms with Gasteiger partial charge in [-0.1, -0.05) is 12.1 Å². The van der Waals surface area contributed by atoms with Crippen molar-refractivity contribution in [1.29, 1.82) is 0 Å². The molecule has 5 fully saturated rings. The fourth-order valence-electron chi connectivity index (χ4n) is 7.51. The van der Waals surface area contributed by atoms with Gasteiger partial charge in [0.1, 0.15) is 0 Å². The number of pyridine rings is 1. The minimum absolute atomic E-state index is 0.474. The Kier molecular flexibility index (Phi) is 2.27. The molecule has 0 amide bonds. The van der Waals surface area contributed by atoms with Crippen molar-refractivity contribution in [2.24, 2.45) is 23.7 Å². The van der Waals surface area contributed by atoms with Crippen LogP contribution in [0.3, 0.4) is 0 Å². The molecule has 1 heterocycles. The van der Waals surface area contributed by atoms with E-state index in [2.05, 4.69) is 60.1 Å². The first-order valence-electron chi connectivity index (χ1n) is 9.57. The van der Waals surface area contributed by atoms with Gasteiger partial charge in [-0.05, 0) is 79.3 Å². The van der Waals surface area contributed by atoms with E-state index < -0.39 is 0 Å². The minimum Gasteiger partial charge on any atom is -0.372 e. The van der Waals surface area contributed by atoms with E-state index in [1.807, 2.05) is 12.4 Å². The molecule has 122 valence electrons. The van der Waals surface area contributed by atoms with Gasteiger partial charge in [0.15, 0.2) is 0 Å². The maximum Gasteiger partial charge on any atom is 0.0366 e. The topological polar surface area (TPSA) is 16.1 Å². The van der Waals surface area contributed by atoms with Gasteiger partial charge in [-0.2, -0.15) is 0 Å². The molecule has 0 N–H and O–H groups in total. The Balaban J connectivity index is 1.41. The molecule has 2 aromatic rings. The van der Waals surface area contributed by atoms with Crippen molar-refractivity contribution in [3.8, 4) is 0 Å². The molecule has 2 heteroatoms. The highest BCUT2D eigenvalue weighted by Crippen LogP contribution is 3.03. The summed E-state index contributed by atoms with van der Waals surface area (Å²) in [6, 6.07) is 14.2. The van der Waals surface area contributed by atoms with Gasteiger partial charge in [0, 0.05) is 42.0 Å². The summed E-state index contributed by atoms with van der Waals surface area (Å²) in [5.41, 5.74) is 5.50. The summed E-state index contributed by atoms with van der Waals surface area (Å²) in [4.78, 5) is 6.69. The molecule has 0 saturated heterocycles. The van der Waals surface area contributed by atoms with Crippen molar-refractivity contribution in [3.63, 3.8) is 0 Å². The summed E-state index contributed by atoms with van der Waals surface area (Å²) >= 11 is 0. The zero-order valence-corrected chi connectivity index (χ0v) is 14.4. The Morgan fingerprint density at radius 1 is 0.875 bits per heavy atom. The third-order valence-corrected chi connectivity index (χ3v) is 8.08. The fourth-order valence-corrected chi connectivity index (χ4v) is 7.51. The van der Waals surface area contributed by atoms with Crippen LogP contribution in [0.4, 0.5) is 5.69 Å². The van der Waals surface area contributed by atoms with Crippen LogP contribution in [0.1, 0.15) is 31.4 Å². The molecule has 24 heavy (non-hydrogen) atoms. The third-order valence-electron chi connectivity index (χ3n) is 8.08. The van der Waals surface area contributed by atoms with Crippen molar-refractivity contribution < 1.29 is 0 Å². The van der Waals surface area contributed by atoms with Gasteiger partial charge in [-0.3, -0.25) is 4.98 Å². The summed E-state index contributed by atoms with van der Waals surface area (Å²) in [7, 11) is 0. The Morgan fingerprint density at radius 3 is 1.92 bits per heavy atom. The van der Waals surface area contributed by atoms with E-state index >= 15 is 0 Å². The molecule has 2 nitrogen and oxygen atoms in total. The van der Waals surface area contributed by atoms with Crippen molar-refractivity contribution in [1.82, 2.24) is 4.98 Å². The van der Waals surface area contributed by atoms with Crippen molar-refractivity contribution in [2.75, 3.05) is 18.0 Å². The van der Waals surface area contributed by atoms with Gasteiger partial charge in [0.2, 0.25) is 0 Å². The summed E-state index contributed by atoms with van der Waals surface area (Å²) in [5, 5.41) is 0. The molecule has 0 radical (unpaired) electrons. The van der Waals surface area contributed by atoms with Gasteiger partial charge >= 0.3 is 0 Å². The van der Waals surface area contributed by atoms with Gasteiger partial charge < -0.3 is 4.90 Å². The lowest BCUT2D eigenvalue weighted by molar-refractivity contribution is 0.310. The molecule has 0 spiro atoms. The first-order chi connectivity index (χ1) is 11.8. The standard InChI is InChI=1S/C22H24N2/c1-3-24(4-2)16-7-5-14(6-8-16)21-17-13-18-20(19(17)21)22(18,21)15-9-11-23-12-10-15/h5-12,17-20H,3-4,13H2,1-2H3. The van der Waals surface area contributed by atoms with Gasteiger partial charge in [-0.15, -0.1) is 0 Å². The van der Waals surface area contributed by atoms with E-state index in [4.69, 9.17) is 0 Å². The normalized spacial score (nSPS) is 42.2. The SMILES string of the molecule is CCN(CC)c1ccc(C23C4CC5C(C42)C53c2ccncc2)cc1. The van der Waals surface area contributed by atoms with Crippen LogP contribution in [0.2, 0.25) is 0 Å². The van der Waals surface area contributed by atoms with E-state index in [1.165, 1.54) is 12.1 Å². The molecular weight excluding hydrogens is 292 g/mol. The number of anilines is 1. The Labute approximate surface area is 143 Å². The average molecular weight is 316 g/mol. The van der Waals surface area contributed by atoms with E-state index in [0.717, 1.165) is 36.8 Å². The lowest BCUT2D eigenvalue weighted by Crippen LogP contribution is -2.39. The van der Waals surface area contributed by atoms with Gasteiger partial charge in [0.05, 0.1) is 0 Å². The minimum atomic E-state index is 0.474. The van der Waals surface area contributed by atoms with Crippen LogP contribution in [0.5, 0.6) is 0 Å². The number of benzene rings is 1. The molecule has 5 aliphatic rings. The highest BCUT2D eigenvalue weighted by atomic mass is 15.1. The second-order valence-electron chi connectivity index (χ2n) is 8.19. The zero-order valence-electron chi connectivity index (χ0n) is 14.4. The quantitative estimate of drug-likeness (QED) is 0.828. The zero-order chi connectivity index (χ0) is 16.1. The van der Waals surface area contributed by atoms with E-state index in [1.54, 1.807) is 11.1 Å². The van der Waals surface area contributed by atoms with Crippen molar-refractivity contribution >= 4 is 5.69 Å². The van der Waals surface area contributed by atoms with Crippen LogP contribution >= 0.6 is 0 Å². The molecule has 6 unspecified atom stereocenters. The Hall–Kier alpha value is -1.83. The molecular formula is C22H24N2. The van der Waals surface area contributed by atoms with Crippen LogP contribution < -0.4 is 4.90 Å². The van der Waals surface area contributed by atoms with Crippen LogP contribution in [0, 0.1) is 23.7 Å². The van der Waals surface area contributed by atoms with Crippen LogP contribution in [-0.2, 0) is 10.8 Å². The predicted octanol–water partition coefficient (Wildman–Crippen LogP) is 4.01. The number of hydrogen-bond donors (Lipinski definition) is 0. The molecule has 6 atom stereocenters. The van der Waals surface area contributed by atoms with E-state index in [9.17, 15) is 0 Å². The third kappa shape index (κ3) is 1.13. The van der Waals surface area contributed by atoms with Gasteiger partial charge in [0.25, 0.3) is 0 Å². The molecule has 5 aliphatic carbocycles. The predicted molar refractivity (Wildman–Crippen MR) is 96.2 cm³/mol. The highest BCUT2D eigenvalue weighted by Gasteiger charge is 3.04. The largest absolute Gasteiger partial charge is 0.372 e. The van der Waals surface area contributed by atoms with Crippen molar-refractivity contribution in [3.05, 3.63) is 59.9 Å². The number of aromatic nitrogens is 1. The second-order valence-corrected chi connectivity index (χ2v) is 8.19. The molecule has 7 rings (SSSR count). The Bertz CT molecular complexity index is 798. The summed E-state index contributed by atoms with van der Waals surface area (Å²) in [6.45, 7) is 6.64. The lowest BCUT2D eigenvalue weighted by atomic mass is 9.65. The lowest BCUT2D eigenvalue weighted by Gasteiger charge is -2.38. The molecule has 1 aromatic heterocycles. The van der Waals surface area contributed by atoms with Crippen LogP contribution in [-0.4, -0.2) is 18.1 Å². The fraction of sp³-hybridized carbons (Fsp3) is 0.500. The van der Waals surface area contributed by atoms with Crippen LogP contribution in [0.25, 0.3) is 0 Å². The summed E-state index contributed by atoms with van der Waals surface area (Å²) in [5.74, 6) is 3.87. The average Bonchev–Trinajstić information content (AvgIpc) is 3.28. The van der Waals surface area contributed by atoms with E-state index in [-0.39, 0.29) is 0 Å². The summed E-state index contributed by atoms with van der Waals surface area (Å²) in [6.07, 6.45) is 5.45. The summed E-state index contributed by atoms with van der Waals surface area (Å²) < 4.78 is 0. The maximum atomic E-state index is 4.25. The molecule has 0 aliphatic heterocycles. The Morgan fingerprint density at radius 2 is 1.42 bits per heavy atom. The number of rotatable bonds is 5. The molecule has 1 aromatic carbocycles. The smallest absolute Gasteiger partial charge is 0.0366 e. The first kappa shape index (κ1) is 13.5. The molecule has 2 bridgehead atoms. The first-order valence-corrected chi connectivity index (χ1v) is 9.57. The highest BCUT2D eigenvalue weighted by molar-refractivity contribution is 5.69. The molecule has 5 saturated carbocycles.